The second-order valence-electron chi connectivity index (χ2n) is 5.71. The van der Waals surface area contributed by atoms with Gasteiger partial charge in [-0.15, -0.1) is 0 Å². The van der Waals surface area contributed by atoms with Crippen LogP contribution in [0.2, 0.25) is 0 Å². The van der Waals surface area contributed by atoms with Gasteiger partial charge in [0.2, 0.25) is 0 Å². The molecule has 0 saturated heterocycles. The van der Waals surface area contributed by atoms with E-state index in [1.807, 2.05) is 19.9 Å². The zero-order valence-electron chi connectivity index (χ0n) is 13.2. The number of rotatable bonds is 9. The molecule has 0 spiro atoms. The summed E-state index contributed by atoms with van der Waals surface area (Å²) in [6.07, 6.45) is 0.802. The van der Waals surface area contributed by atoms with Gasteiger partial charge in [-0.1, -0.05) is 37.3 Å². The third kappa shape index (κ3) is 6.51. The maximum atomic E-state index is 10.1. The number of aliphatic hydroxyl groups is 1. The lowest BCUT2D eigenvalue weighted by Gasteiger charge is -2.30. The van der Waals surface area contributed by atoms with Crippen molar-refractivity contribution in [3.05, 3.63) is 35.9 Å². The van der Waals surface area contributed by atoms with Crippen LogP contribution in [0.3, 0.4) is 0 Å². The summed E-state index contributed by atoms with van der Waals surface area (Å²) < 4.78 is 5.49. The van der Waals surface area contributed by atoms with Gasteiger partial charge in [0.15, 0.2) is 0 Å². The predicted molar refractivity (Wildman–Crippen MR) is 83.7 cm³/mol. The molecule has 114 valence electrons. The molecule has 0 unspecified atom stereocenters. The van der Waals surface area contributed by atoms with Gasteiger partial charge in [0.05, 0.1) is 18.8 Å². The minimum Gasteiger partial charge on any atom is -0.389 e. The van der Waals surface area contributed by atoms with Crippen molar-refractivity contribution in [2.45, 2.75) is 58.9 Å². The number of ether oxygens (including phenoxy) is 1. The topological polar surface area (TPSA) is 32.7 Å². The highest BCUT2D eigenvalue weighted by atomic mass is 16.5. The predicted octanol–water partition coefficient (Wildman–Crippen LogP) is 3.07. The van der Waals surface area contributed by atoms with Gasteiger partial charge in [-0.05, 0) is 32.8 Å². The van der Waals surface area contributed by atoms with Crippen molar-refractivity contribution in [2.24, 2.45) is 0 Å². The largest absolute Gasteiger partial charge is 0.389 e. The summed E-state index contributed by atoms with van der Waals surface area (Å²) >= 11 is 0. The van der Waals surface area contributed by atoms with Gasteiger partial charge >= 0.3 is 0 Å². The fraction of sp³-hybridized carbons (Fsp3) is 0.647. The van der Waals surface area contributed by atoms with E-state index in [0.717, 1.165) is 13.0 Å². The highest BCUT2D eigenvalue weighted by Gasteiger charge is 2.17. The first-order valence-corrected chi connectivity index (χ1v) is 7.60. The Hall–Kier alpha value is -0.900. The zero-order chi connectivity index (χ0) is 15.0. The lowest BCUT2D eigenvalue weighted by atomic mass is 10.1. The molecule has 0 aliphatic carbocycles. The first kappa shape index (κ1) is 17.2. The van der Waals surface area contributed by atoms with E-state index in [0.29, 0.717) is 19.2 Å². The molecule has 3 heteroatoms. The molecule has 0 aliphatic rings. The smallest absolute Gasteiger partial charge is 0.0900 e. The summed E-state index contributed by atoms with van der Waals surface area (Å²) in [6.45, 7) is 10.3. The van der Waals surface area contributed by atoms with Gasteiger partial charge in [-0.2, -0.15) is 0 Å². The Bertz CT molecular complexity index is 353. The minimum atomic E-state index is -0.435. The molecule has 0 heterocycles. The maximum Gasteiger partial charge on any atom is 0.0900 e. The average molecular weight is 279 g/mol. The van der Waals surface area contributed by atoms with E-state index in [9.17, 15) is 5.11 Å². The molecule has 0 aromatic heterocycles. The van der Waals surface area contributed by atoms with Gasteiger partial charge in [-0.25, -0.2) is 0 Å². The van der Waals surface area contributed by atoms with Crippen LogP contribution in [-0.4, -0.2) is 41.4 Å². The van der Waals surface area contributed by atoms with Gasteiger partial charge in [0.1, 0.15) is 0 Å². The Morgan fingerprint density at radius 2 is 1.80 bits per heavy atom. The van der Waals surface area contributed by atoms with Crippen LogP contribution in [0.4, 0.5) is 0 Å². The van der Waals surface area contributed by atoms with Crippen molar-refractivity contribution in [1.29, 1.82) is 0 Å². The molecule has 1 aromatic rings. The quantitative estimate of drug-likeness (QED) is 0.754. The molecule has 0 bridgehead atoms. The van der Waals surface area contributed by atoms with Crippen LogP contribution < -0.4 is 0 Å². The molecule has 20 heavy (non-hydrogen) atoms. The van der Waals surface area contributed by atoms with Crippen LogP contribution in [0.25, 0.3) is 0 Å². The first-order chi connectivity index (χ1) is 9.52. The van der Waals surface area contributed by atoms with Crippen molar-refractivity contribution >= 4 is 0 Å². The number of hydrogen-bond acceptors (Lipinski definition) is 3. The summed E-state index contributed by atoms with van der Waals surface area (Å²) in [5.74, 6) is 0. The van der Waals surface area contributed by atoms with Gasteiger partial charge in [0.25, 0.3) is 0 Å². The van der Waals surface area contributed by atoms with Crippen LogP contribution in [0.5, 0.6) is 0 Å². The molecule has 0 fully saturated rings. The summed E-state index contributed by atoms with van der Waals surface area (Å²) in [7, 11) is 0. The van der Waals surface area contributed by atoms with Crippen LogP contribution in [0.15, 0.2) is 30.3 Å². The third-order valence-corrected chi connectivity index (χ3v) is 3.51. The minimum absolute atomic E-state index is 0.163. The highest BCUT2D eigenvalue weighted by molar-refractivity contribution is 5.14. The Balaban J connectivity index is 2.56. The zero-order valence-corrected chi connectivity index (χ0v) is 13.2. The number of nitrogens with zero attached hydrogens (tertiary/aromatic N) is 1. The van der Waals surface area contributed by atoms with Crippen LogP contribution in [0, 0.1) is 0 Å². The van der Waals surface area contributed by atoms with E-state index in [1.54, 1.807) is 0 Å². The number of benzene rings is 1. The first-order valence-electron chi connectivity index (χ1n) is 7.60. The van der Waals surface area contributed by atoms with Crippen LogP contribution in [0.1, 0.15) is 39.7 Å². The Morgan fingerprint density at radius 3 is 2.35 bits per heavy atom. The van der Waals surface area contributed by atoms with Crippen molar-refractivity contribution in [3.8, 4) is 0 Å². The Labute approximate surface area is 123 Å². The van der Waals surface area contributed by atoms with Gasteiger partial charge in [-0.3, -0.25) is 4.90 Å². The summed E-state index contributed by atoms with van der Waals surface area (Å²) in [5.41, 5.74) is 1.28. The van der Waals surface area contributed by atoms with E-state index in [4.69, 9.17) is 4.74 Å². The maximum absolute atomic E-state index is 10.1. The van der Waals surface area contributed by atoms with E-state index in [-0.39, 0.29) is 6.10 Å². The fourth-order valence-electron chi connectivity index (χ4n) is 2.10. The lowest BCUT2D eigenvalue weighted by molar-refractivity contribution is -0.0149. The van der Waals surface area contributed by atoms with Gasteiger partial charge < -0.3 is 9.84 Å². The fourth-order valence-corrected chi connectivity index (χ4v) is 2.10. The van der Waals surface area contributed by atoms with Crippen molar-refractivity contribution < 1.29 is 9.84 Å². The summed E-state index contributed by atoms with van der Waals surface area (Å²) in [5, 5.41) is 10.1. The Morgan fingerprint density at radius 1 is 1.15 bits per heavy atom. The van der Waals surface area contributed by atoms with Crippen molar-refractivity contribution in [2.75, 3.05) is 13.2 Å². The Kier molecular flexibility index (Phi) is 7.82. The molecule has 0 aliphatic heterocycles. The van der Waals surface area contributed by atoms with E-state index in [1.165, 1.54) is 5.56 Å². The van der Waals surface area contributed by atoms with Crippen LogP contribution >= 0.6 is 0 Å². The molecule has 1 rings (SSSR count). The van der Waals surface area contributed by atoms with E-state index in [2.05, 4.69) is 43.0 Å². The van der Waals surface area contributed by atoms with Crippen molar-refractivity contribution in [1.82, 2.24) is 4.90 Å². The SMILES string of the molecule is CC[C@@H](C)N(Cc1ccccc1)C[C@@H](O)COC(C)C. The molecule has 1 N–H and O–H groups in total. The molecule has 0 saturated carbocycles. The second-order valence-corrected chi connectivity index (χ2v) is 5.71. The second kappa shape index (κ2) is 9.11. The molecule has 3 nitrogen and oxygen atoms in total. The molecule has 0 radical (unpaired) electrons. The molecule has 2 atom stereocenters. The normalized spacial score (nSPS) is 14.8. The lowest BCUT2D eigenvalue weighted by Crippen LogP contribution is -2.40. The van der Waals surface area contributed by atoms with E-state index >= 15 is 0 Å². The third-order valence-electron chi connectivity index (χ3n) is 3.51. The molecular weight excluding hydrogens is 250 g/mol. The summed E-state index contributed by atoms with van der Waals surface area (Å²) in [6, 6.07) is 10.9. The average Bonchev–Trinajstić information content (AvgIpc) is 2.44. The van der Waals surface area contributed by atoms with Gasteiger partial charge in [0, 0.05) is 19.1 Å². The molecular formula is C17H29NO2. The van der Waals surface area contributed by atoms with Crippen LogP contribution in [-0.2, 0) is 11.3 Å². The van der Waals surface area contributed by atoms with E-state index < -0.39 is 6.10 Å². The molecule has 0 amide bonds. The summed E-state index contributed by atoms with van der Waals surface area (Å²) in [4.78, 5) is 2.32. The highest BCUT2D eigenvalue weighted by Crippen LogP contribution is 2.11. The molecule has 1 aromatic carbocycles. The monoisotopic (exact) mass is 279 g/mol. The standard InChI is InChI=1S/C17H29NO2/c1-5-15(4)18(11-16-9-7-6-8-10-16)12-17(19)13-20-14(2)3/h6-10,14-15,17,19H,5,11-13H2,1-4H3/t15-,17-/m1/s1. The number of aliphatic hydroxyl groups excluding tert-OH is 1. The number of hydrogen-bond donors (Lipinski definition) is 1. The van der Waals surface area contributed by atoms with Crippen molar-refractivity contribution in [3.63, 3.8) is 0 Å².